The topological polar surface area (TPSA) is 96.2 Å². The SMILES string of the molecule is O=C(O)c1cc2nnc(-c3ccccn3)n2[nH]1. The largest absolute Gasteiger partial charge is 0.477 e. The lowest BCUT2D eigenvalue weighted by Gasteiger charge is -1.95. The monoisotopic (exact) mass is 229 g/mol. The fourth-order valence-corrected chi connectivity index (χ4v) is 1.55. The highest BCUT2D eigenvalue weighted by Gasteiger charge is 2.14. The summed E-state index contributed by atoms with van der Waals surface area (Å²) in [6.45, 7) is 0. The van der Waals surface area contributed by atoms with Crippen LogP contribution in [0.25, 0.3) is 17.2 Å². The van der Waals surface area contributed by atoms with Crippen LogP contribution >= 0.6 is 0 Å². The highest BCUT2D eigenvalue weighted by molar-refractivity contribution is 5.86. The number of nitrogens with zero attached hydrogens (tertiary/aromatic N) is 4. The maximum atomic E-state index is 10.8. The molecule has 7 heteroatoms. The van der Waals surface area contributed by atoms with Gasteiger partial charge in [-0.1, -0.05) is 6.07 Å². The molecular formula is C10H7N5O2. The molecule has 0 spiro atoms. The van der Waals surface area contributed by atoms with E-state index in [2.05, 4.69) is 20.3 Å². The standard InChI is InChI=1S/C10H7N5O2/c16-10(17)7-5-8-12-13-9(15(8)14-7)6-3-1-2-4-11-6/h1-5,14H,(H,16,17). The smallest absolute Gasteiger partial charge is 0.353 e. The Kier molecular flexibility index (Phi) is 1.91. The van der Waals surface area contributed by atoms with Gasteiger partial charge in [-0.05, 0) is 12.1 Å². The van der Waals surface area contributed by atoms with Crippen molar-refractivity contribution in [2.45, 2.75) is 0 Å². The van der Waals surface area contributed by atoms with Crippen LogP contribution in [0.3, 0.4) is 0 Å². The lowest BCUT2D eigenvalue weighted by atomic mass is 10.3. The highest BCUT2D eigenvalue weighted by atomic mass is 16.4. The van der Waals surface area contributed by atoms with Crippen LogP contribution in [0.5, 0.6) is 0 Å². The number of hydrogen-bond acceptors (Lipinski definition) is 4. The summed E-state index contributed by atoms with van der Waals surface area (Å²) in [4.78, 5) is 14.9. The number of rotatable bonds is 2. The van der Waals surface area contributed by atoms with Crippen molar-refractivity contribution in [3.05, 3.63) is 36.2 Å². The second-order valence-corrected chi connectivity index (χ2v) is 3.41. The summed E-state index contributed by atoms with van der Waals surface area (Å²) in [5.41, 5.74) is 1.13. The van der Waals surface area contributed by atoms with E-state index < -0.39 is 5.97 Å². The van der Waals surface area contributed by atoms with Crippen LogP contribution in [0.15, 0.2) is 30.5 Å². The number of nitrogens with one attached hydrogen (secondary N) is 1. The predicted molar refractivity (Wildman–Crippen MR) is 57.5 cm³/mol. The van der Waals surface area contributed by atoms with Gasteiger partial charge in [0.1, 0.15) is 11.4 Å². The van der Waals surface area contributed by atoms with Crippen molar-refractivity contribution in [1.29, 1.82) is 0 Å². The van der Waals surface area contributed by atoms with E-state index >= 15 is 0 Å². The third-order valence-electron chi connectivity index (χ3n) is 2.32. The number of fused-ring (bicyclic) bond motifs is 1. The quantitative estimate of drug-likeness (QED) is 0.678. The van der Waals surface area contributed by atoms with Crippen LogP contribution in [-0.2, 0) is 0 Å². The van der Waals surface area contributed by atoms with Crippen molar-refractivity contribution < 1.29 is 9.90 Å². The molecule has 7 nitrogen and oxygen atoms in total. The lowest BCUT2D eigenvalue weighted by molar-refractivity contribution is 0.0690. The predicted octanol–water partition coefficient (Wildman–Crippen LogP) is 0.818. The van der Waals surface area contributed by atoms with Crippen LogP contribution in [-0.4, -0.2) is 35.9 Å². The van der Waals surface area contributed by atoms with Crippen molar-refractivity contribution in [3.63, 3.8) is 0 Å². The Labute approximate surface area is 94.7 Å². The summed E-state index contributed by atoms with van der Waals surface area (Å²) in [6.07, 6.45) is 1.64. The number of carbonyl (C=O) groups is 1. The highest BCUT2D eigenvalue weighted by Crippen LogP contribution is 2.15. The van der Waals surface area contributed by atoms with Gasteiger partial charge in [-0.15, -0.1) is 10.2 Å². The Morgan fingerprint density at radius 1 is 1.35 bits per heavy atom. The summed E-state index contributed by atoms with van der Waals surface area (Å²) in [7, 11) is 0. The molecule has 3 aromatic heterocycles. The first-order valence-corrected chi connectivity index (χ1v) is 4.84. The average Bonchev–Trinajstić information content (AvgIpc) is 2.89. The molecule has 0 saturated heterocycles. The Balaban J connectivity index is 2.21. The van der Waals surface area contributed by atoms with E-state index in [4.69, 9.17) is 5.11 Å². The first-order chi connectivity index (χ1) is 8.25. The van der Waals surface area contributed by atoms with E-state index in [9.17, 15) is 4.79 Å². The van der Waals surface area contributed by atoms with Gasteiger partial charge in [-0.2, -0.15) is 0 Å². The maximum absolute atomic E-state index is 10.8. The molecule has 3 aromatic rings. The summed E-state index contributed by atoms with van der Waals surface area (Å²) in [5, 5.41) is 19.4. The first-order valence-electron chi connectivity index (χ1n) is 4.84. The third-order valence-corrected chi connectivity index (χ3v) is 2.32. The van der Waals surface area contributed by atoms with E-state index in [1.807, 2.05) is 6.07 Å². The Morgan fingerprint density at radius 2 is 2.24 bits per heavy atom. The van der Waals surface area contributed by atoms with Gasteiger partial charge in [0.2, 0.25) is 5.82 Å². The number of carboxylic acid groups (broad SMARTS) is 1. The number of carboxylic acids is 1. The molecule has 2 N–H and O–H groups in total. The lowest BCUT2D eigenvalue weighted by Crippen LogP contribution is -1.99. The van der Waals surface area contributed by atoms with E-state index in [1.54, 1.807) is 18.3 Å². The summed E-state index contributed by atoms with van der Waals surface area (Å²) in [6, 6.07) is 6.81. The number of H-pyrrole nitrogens is 1. The van der Waals surface area contributed by atoms with Gasteiger partial charge in [-0.25, -0.2) is 9.31 Å². The molecule has 0 aliphatic rings. The molecular weight excluding hydrogens is 222 g/mol. The van der Waals surface area contributed by atoms with Crippen LogP contribution in [0.1, 0.15) is 10.5 Å². The van der Waals surface area contributed by atoms with Crippen molar-refractivity contribution in [1.82, 2.24) is 24.8 Å². The summed E-state index contributed by atoms with van der Waals surface area (Å²) in [5.74, 6) is -0.560. The number of hydrogen-bond donors (Lipinski definition) is 2. The molecule has 0 aromatic carbocycles. The molecule has 0 bridgehead atoms. The average molecular weight is 229 g/mol. The Hall–Kier alpha value is -2.70. The second kappa shape index (κ2) is 3.41. The van der Waals surface area contributed by atoms with Gasteiger partial charge in [0, 0.05) is 12.3 Å². The first kappa shape index (κ1) is 9.52. The molecule has 84 valence electrons. The molecule has 3 heterocycles. The van der Waals surface area contributed by atoms with Crippen LogP contribution in [0.2, 0.25) is 0 Å². The van der Waals surface area contributed by atoms with E-state index in [0.29, 0.717) is 17.2 Å². The van der Waals surface area contributed by atoms with Gasteiger partial charge in [-0.3, -0.25) is 10.1 Å². The zero-order valence-electron chi connectivity index (χ0n) is 8.53. The Bertz CT molecular complexity index is 685. The van der Waals surface area contributed by atoms with Crippen molar-refractivity contribution in [3.8, 4) is 11.5 Å². The van der Waals surface area contributed by atoms with E-state index in [-0.39, 0.29) is 5.69 Å². The van der Waals surface area contributed by atoms with Crippen LogP contribution in [0.4, 0.5) is 0 Å². The molecule has 0 aliphatic carbocycles. The minimum absolute atomic E-state index is 0.0621. The van der Waals surface area contributed by atoms with E-state index in [0.717, 1.165) is 0 Å². The van der Waals surface area contributed by atoms with Crippen molar-refractivity contribution in [2.75, 3.05) is 0 Å². The molecule has 0 fully saturated rings. The van der Waals surface area contributed by atoms with Gasteiger partial charge in [0.05, 0.1) is 0 Å². The molecule has 17 heavy (non-hydrogen) atoms. The molecule has 3 rings (SSSR count). The fourth-order valence-electron chi connectivity index (χ4n) is 1.55. The number of aromatic carboxylic acids is 1. The van der Waals surface area contributed by atoms with E-state index in [1.165, 1.54) is 10.6 Å². The van der Waals surface area contributed by atoms with Crippen molar-refractivity contribution >= 4 is 11.6 Å². The zero-order chi connectivity index (χ0) is 11.8. The minimum Gasteiger partial charge on any atom is -0.477 e. The zero-order valence-corrected chi connectivity index (χ0v) is 8.53. The number of aromatic nitrogens is 5. The van der Waals surface area contributed by atoms with Gasteiger partial charge < -0.3 is 5.11 Å². The number of aromatic amines is 1. The van der Waals surface area contributed by atoms with Crippen LogP contribution in [0, 0.1) is 0 Å². The molecule has 0 atom stereocenters. The fraction of sp³-hybridized carbons (Fsp3) is 0. The molecule has 0 unspecified atom stereocenters. The molecule has 0 saturated carbocycles. The van der Waals surface area contributed by atoms with Gasteiger partial charge >= 0.3 is 5.97 Å². The molecule has 0 amide bonds. The maximum Gasteiger partial charge on any atom is 0.353 e. The number of pyridine rings is 1. The normalized spacial score (nSPS) is 10.8. The van der Waals surface area contributed by atoms with Crippen LogP contribution < -0.4 is 0 Å². The van der Waals surface area contributed by atoms with Gasteiger partial charge in [0.25, 0.3) is 0 Å². The molecule has 0 radical (unpaired) electrons. The van der Waals surface area contributed by atoms with Gasteiger partial charge in [0.15, 0.2) is 5.65 Å². The van der Waals surface area contributed by atoms with Crippen molar-refractivity contribution in [2.24, 2.45) is 0 Å². The summed E-state index contributed by atoms with van der Waals surface area (Å²) < 4.78 is 1.49. The minimum atomic E-state index is -1.04. The summed E-state index contributed by atoms with van der Waals surface area (Å²) >= 11 is 0. The third kappa shape index (κ3) is 1.44. The second-order valence-electron chi connectivity index (χ2n) is 3.41. The molecule has 0 aliphatic heterocycles. The Morgan fingerprint density at radius 3 is 2.94 bits per heavy atom.